The fourth-order valence-electron chi connectivity index (χ4n) is 2.06. The Morgan fingerprint density at radius 1 is 1.07 bits per heavy atom. The smallest absolute Gasteiger partial charge is 0.258 e. The predicted octanol–water partition coefficient (Wildman–Crippen LogP) is 2.24. The summed E-state index contributed by atoms with van der Waals surface area (Å²) in [4.78, 5) is 32.2. The Morgan fingerprint density at radius 2 is 1.89 bits per heavy atom. The van der Waals surface area contributed by atoms with Crippen molar-refractivity contribution in [2.45, 2.75) is 0 Å². The molecule has 0 spiro atoms. The largest absolute Gasteiger partial charge is 0.467 e. The Kier molecular flexibility index (Phi) is 5.50. The van der Waals surface area contributed by atoms with E-state index in [9.17, 15) is 22.8 Å². The van der Waals surface area contributed by atoms with E-state index in [2.05, 4.69) is 15.3 Å². The summed E-state index contributed by atoms with van der Waals surface area (Å²) in [6, 6.07) is 3.29. The summed E-state index contributed by atoms with van der Waals surface area (Å²) >= 11 is 1.39. The van der Waals surface area contributed by atoms with E-state index < -0.39 is 48.1 Å². The summed E-state index contributed by atoms with van der Waals surface area (Å²) in [5, 5.41) is 6.74. The molecule has 2 aromatic heterocycles. The number of anilines is 1. The van der Waals surface area contributed by atoms with Gasteiger partial charge < -0.3 is 15.4 Å². The molecule has 0 fully saturated rings. The van der Waals surface area contributed by atoms with Gasteiger partial charge in [0.1, 0.15) is 11.2 Å². The maximum absolute atomic E-state index is 13.5. The Balaban J connectivity index is 1.50. The highest BCUT2D eigenvalue weighted by molar-refractivity contribution is 7.16. The number of rotatable bonds is 6. The number of halogens is 3. The normalized spacial score (nSPS) is 10.6. The van der Waals surface area contributed by atoms with Crippen LogP contribution in [0.4, 0.5) is 18.9 Å². The van der Waals surface area contributed by atoms with Gasteiger partial charge >= 0.3 is 0 Å². The highest BCUT2D eigenvalue weighted by Gasteiger charge is 2.16. The van der Waals surface area contributed by atoms with Crippen LogP contribution in [0.3, 0.4) is 0 Å². The minimum absolute atomic E-state index is 0.227. The van der Waals surface area contributed by atoms with Gasteiger partial charge in [0.2, 0.25) is 11.8 Å². The van der Waals surface area contributed by atoms with Crippen molar-refractivity contribution in [3.05, 3.63) is 47.4 Å². The van der Waals surface area contributed by atoms with Gasteiger partial charge in [-0.3, -0.25) is 9.59 Å². The standard InChI is InChI=1S/C16H11F3N4O3S/c17-9-1-2-10(14(19)13(9)18)23-11(24)5-20-12(25)6-26-15-8-3-4-27-16(8)22-7-21-15/h1-4,7H,5-6H2,(H,20,25)(H,23,24). The van der Waals surface area contributed by atoms with Crippen molar-refractivity contribution in [2.75, 3.05) is 18.5 Å². The molecule has 2 N–H and O–H groups in total. The van der Waals surface area contributed by atoms with Crippen LogP contribution in [0.2, 0.25) is 0 Å². The van der Waals surface area contributed by atoms with Gasteiger partial charge in [-0.1, -0.05) is 0 Å². The molecule has 0 saturated heterocycles. The van der Waals surface area contributed by atoms with Gasteiger partial charge in [-0.05, 0) is 23.6 Å². The van der Waals surface area contributed by atoms with Crippen molar-refractivity contribution >= 4 is 39.1 Å². The number of nitrogens with zero attached hydrogens (tertiary/aromatic N) is 2. The van der Waals surface area contributed by atoms with E-state index in [-0.39, 0.29) is 5.88 Å². The lowest BCUT2D eigenvalue weighted by molar-refractivity contribution is -0.125. The molecule has 0 bridgehead atoms. The van der Waals surface area contributed by atoms with E-state index in [0.29, 0.717) is 16.3 Å². The van der Waals surface area contributed by atoms with Gasteiger partial charge in [-0.25, -0.2) is 23.1 Å². The van der Waals surface area contributed by atoms with Crippen LogP contribution in [0.5, 0.6) is 5.88 Å². The fraction of sp³-hybridized carbons (Fsp3) is 0.125. The molecule has 11 heteroatoms. The third-order valence-electron chi connectivity index (χ3n) is 3.32. The quantitative estimate of drug-likeness (QED) is 0.624. The van der Waals surface area contributed by atoms with E-state index in [0.717, 1.165) is 6.07 Å². The molecule has 0 aliphatic carbocycles. The second kappa shape index (κ2) is 7.99. The third-order valence-corrected chi connectivity index (χ3v) is 4.14. The highest BCUT2D eigenvalue weighted by Crippen LogP contribution is 2.25. The summed E-state index contributed by atoms with van der Waals surface area (Å²) in [5.74, 6) is -5.82. The first-order valence-electron chi connectivity index (χ1n) is 7.46. The number of carbonyl (C=O) groups excluding carboxylic acids is 2. The predicted molar refractivity (Wildman–Crippen MR) is 90.9 cm³/mol. The number of thiophene rings is 1. The van der Waals surface area contributed by atoms with Crippen LogP contribution < -0.4 is 15.4 Å². The first-order valence-corrected chi connectivity index (χ1v) is 8.34. The molecule has 0 unspecified atom stereocenters. The molecule has 0 aliphatic heterocycles. The third kappa shape index (κ3) is 4.31. The number of benzene rings is 1. The number of hydrogen-bond donors (Lipinski definition) is 2. The lowest BCUT2D eigenvalue weighted by Gasteiger charge is -2.09. The highest BCUT2D eigenvalue weighted by atomic mass is 32.1. The molecule has 140 valence electrons. The zero-order valence-electron chi connectivity index (χ0n) is 13.5. The number of fused-ring (bicyclic) bond motifs is 1. The maximum atomic E-state index is 13.5. The van der Waals surface area contributed by atoms with Gasteiger partial charge in [0.15, 0.2) is 24.1 Å². The van der Waals surface area contributed by atoms with Gasteiger partial charge in [0.25, 0.3) is 5.91 Å². The molecule has 2 heterocycles. The molecule has 27 heavy (non-hydrogen) atoms. The lowest BCUT2D eigenvalue weighted by Crippen LogP contribution is -2.36. The van der Waals surface area contributed by atoms with Gasteiger partial charge in [-0.2, -0.15) is 0 Å². The number of ether oxygens (including phenoxy) is 1. The van der Waals surface area contributed by atoms with Crippen LogP contribution in [0.25, 0.3) is 10.2 Å². The minimum atomic E-state index is -1.70. The summed E-state index contributed by atoms with van der Waals surface area (Å²) in [5.41, 5.74) is -0.537. The molecule has 0 atom stereocenters. The second-order valence-electron chi connectivity index (χ2n) is 5.15. The Labute approximate surface area is 154 Å². The molecule has 0 saturated carbocycles. The van der Waals surface area contributed by atoms with Crippen molar-refractivity contribution < 1.29 is 27.5 Å². The lowest BCUT2D eigenvalue weighted by atomic mass is 10.2. The van der Waals surface area contributed by atoms with Crippen LogP contribution >= 0.6 is 11.3 Å². The number of carbonyl (C=O) groups is 2. The van der Waals surface area contributed by atoms with Gasteiger partial charge in [0, 0.05) is 0 Å². The Hall–Kier alpha value is -3.21. The summed E-state index contributed by atoms with van der Waals surface area (Å²) in [7, 11) is 0. The first kappa shape index (κ1) is 18.6. The Bertz CT molecular complexity index is 1010. The van der Waals surface area contributed by atoms with Crippen LogP contribution in [-0.4, -0.2) is 34.9 Å². The number of nitrogens with one attached hydrogen (secondary N) is 2. The second-order valence-corrected chi connectivity index (χ2v) is 6.05. The van der Waals surface area contributed by atoms with Crippen LogP contribution in [-0.2, 0) is 9.59 Å². The van der Waals surface area contributed by atoms with E-state index in [1.807, 2.05) is 5.32 Å². The van der Waals surface area contributed by atoms with Crippen molar-refractivity contribution in [1.82, 2.24) is 15.3 Å². The molecule has 7 nitrogen and oxygen atoms in total. The number of hydrogen-bond acceptors (Lipinski definition) is 6. The van der Waals surface area contributed by atoms with Crippen molar-refractivity contribution in [1.29, 1.82) is 0 Å². The summed E-state index contributed by atoms with van der Waals surface area (Å²) in [6.07, 6.45) is 1.30. The SMILES string of the molecule is O=C(COc1ncnc2sccc12)NCC(=O)Nc1ccc(F)c(F)c1F. The number of aromatic nitrogens is 2. The van der Waals surface area contributed by atoms with Gasteiger partial charge in [-0.15, -0.1) is 11.3 Å². The average Bonchev–Trinajstić information content (AvgIpc) is 3.14. The van der Waals surface area contributed by atoms with E-state index in [1.165, 1.54) is 17.7 Å². The molecular formula is C16H11F3N4O3S. The molecule has 3 aromatic rings. The molecule has 2 amide bonds. The first-order chi connectivity index (χ1) is 13.0. The van der Waals surface area contributed by atoms with Crippen molar-refractivity contribution in [2.24, 2.45) is 0 Å². The zero-order chi connectivity index (χ0) is 19.4. The summed E-state index contributed by atoms with van der Waals surface area (Å²) in [6.45, 7) is -0.924. The van der Waals surface area contributed by atoms with Crippen LogP contribution in [0.15, 0.2) is 29.9 Å². The molecule has 3 rings (SSSR count). The van der Waals surface area contributed by atoms with Crippen LogP contribution in [0, 0.1) is 17.5 Å². The summed E-state index contributed by atoms with van der Waals surface area (Å²) < 4.78 is 44.7. The number of amides is 2. The molecule has 1 aromatic carbocycles. The monoisotopic (exact) mass is 396 g/mol. The zero-order valence-corrected chi connectivity index (χ0v) is 14.3. The van der Waals surface area contributed by atoms with E-state index in [4.69, 9.17) is 4.74 Å². The average molecular weight is 396 g/mol. The van der Waals surface area contributed by atoms with Crippen LogP contribution in [0.1, 0.15) is 0 Å². The van der Waals surface area contributed by atoms with Crippen molar-refractivity contribution in [3.63, 3.8) is 0 Å². The van der Waals surface area contributed by atoms with E-state index in [1.54, 1.807) is 11.4 Å². The van der Waals surface area contributed by atoms with E-state index >= 15 is 0 Å². The minimum Gasteiger partial charge on any atom is -0.467 e. The Morgan fingerprint density at radius 3 is 2.70 bits per heavy atom. The maximum Gasteiger partial charge on any atom is 0.258 e. The molecule has 0 aliphatic rings. The topological polar surface area (TPSA) is 93.2 Å². The van der Waals surface area contributed by atoms with Gasteiger partial charge in [0.05, 0.1) is 17.6 Å². The molecular weight excluding hydrogens is 385 g/mol. The van der Waals surface area contributed by atoms with Crippen molar-refractivity contribution in [3.8, 4) is 5.88 Å². The molecule has 0 radical (unpaired) electrons. The fourth-order valence-corrected chi connectivity index (χ4v) is 2.79.